The summed E-state index contributed by atoms with van der Waals surface area (Å²) in [4.78, 5) is 28.6. The largest absolute Gasteiger partial charge is 0.466 e. The van der Waals surface area contributed by atoms with Crippen LogP contribution in [-0.2, 0) is 46.4 Å². The number of nitrogen functional groups attached to an aromatic ring is 1. The average Bonchev–Trinajstić information content (AvgIpc) is 3.40. The molecule has 1 aliphatic heterocycles. The lowest BCUT2D eigenvalue weighted by Crippen LogP contribution is -2.38. The molecular weight excluding hydrogens is 728 g/mol. The van der Waals surface area contributed by atoms with Gasteiger partial charge in [-0.1, -0.05) is 35.9 Å². The summed E-state index contributed by atoms with van der Waals surface area (Å²) in [5.74, 6) is -1.75. The second-order valence-electron chi connectivity index (χ2n) is 12.1. The molecule has 0 spiro atoms. The molecule has 0 radical (unpaired) electrons. The first-order chi connectivity index (χ1) is 24.4. The second kappa shape index (κ2) is 15.0. The van der Waals surface area contributed by atoms with Crippen LogP contribution in [0.15, 0.2) is 93.8 Å². The van der Waals surface area contributed by atoms with Gasteiger partial charge in [-0.3, -0.25) is 9.08 Å². The number of methoxy groups -OCH3 is 1. The third-order valence-corrected chi connectivity index (χ3v) is 11.5. The molecule has 0 saturated carbocycles. The standard InChI is InChI=1S/C34H36F3N5O8S2/c1-22-9-15-28(16-10-22)52(47,48)50-18-6-20-51(45,46)19-5-17-40-33(44)42-30(24-11-13-26(38)14-12-24)29(31(43)49-3)23(2)41(32(42)39-40)27-8-4-7-25(21-27)34(35,36)37/h4,7-16,21,30H,5-6,17-20,38H2,1-3H3. The first-order valence-corrected chi connectivity index (χ1v) is 19.1. The fourth-order valence-corrected chi connectivity index (χ4v) is 8.05. The lowest BCUT2D eigenvalue weighted by molar-refractivity contribution is -0.138. The topological polar surface area (TPSA) is 173 Å². The Hall–Kier alpha value is -4.94. The molecule has 1 unspecified atom stereocenters. The van der Waals surface area contributed by atoms with E-state index in [9.17, 15) is 39.6 Å². The normalized spacial score (nSPS) is 15.1. The van der Waals surface area contributed by atoms with E-state index in [2.05, 4.69) is 5.10 Å². The maximum atomic E-state index is 14.1. The molecule has 52 heavy (non-hydrogen) atoms. The van der Waals surface area contributed by atoms with Crippen LogP contribution in [0.25, 0.3) is 0 Å². The van der Waals surface area contributed by atoms with Gasteiger partial charge in [0.05, 0.1) is 41.3 Å². The zero-order chi connectivity index (χ0) is 38.0. The van der Waals surface area contributed by atoms with Gasteiger partial charge in [0.2, 0.25) is 5.95 Å². The number of nitrogens with two attached hydrogens (primary N) is 1. The van der Waals surface area contributed by atoms with Crippen LogP contribution in [0, 0.1) is 6.92 Å². The lowest BCUT2D eigenvalue weighted by Gasteiger charge is -2.35. The number of rotatable bonds is 13. The minimum absolute atomic E-state index is 0.0444. The minimum atomic E-state index is -4.70. The van der Waals surface area contributed by atoms with Crippen molar-refractivity contribution in [3.63, 3.8) is 0 Å². The van der Waals surface area contributed by atoms with Crippen molar-refractivity contribution in [1.82, 2.24) is 14.3 Å². The van der Waals surface area contributed by atoms with Gasteiger partial charge in [0, 0.05) is 23.6 Å². The zero-order valence-corrected chi connectivity index (χ0v) is 30.0. The smallest absolute Gasteiger partial charge is 0.416 e. The number of fused-ring (bicyclic) bond motifs is 1. The molecular formula is C34H36F3N5O8S2. The number of benzene rings is 3. The molecule has 5 rings (SSSR count). The Labute approximate surface area is 298 Å². The highest BCUT2D eigenvalue weighted by Crippen LogP contribution is 2.43. The van der Waals surface area contributed by atoms with E-state index >= 15 is 0 Å². The lowest BCUT2D eigenvalue weighted by atomic mass is 9.94. The summed E-state index contributed by atoms with van der Waals surface area (Å²) < 4.78 is 104. The minimum Gasteiger partial charge on any atom is -0.466 e. The van der Waals surface area contributed by atoms with Gasteiger partial charge in [0.1, 0.15) is 15.9 Å². The number of alkyl halides is 3. The summed E-state index contributed by atoms with van der Waals surface area (Å²) in [6, 6.07) is 15.5. The fourth-order valence-electron chi connectivity index (χ4n) is 5.78. The number of esters is 1. The Morgan fingerprint density at radius 3 is 2.23 bits per heavy atom. The summed E-state index contributed by atoms with van der Waals surface area (Å²) in [6.07, 6.45) is -4.90. The Bertz CT molecular complexity index is 2270. The molecule has 1 atom stereocenters. The summed E-state index contributed by atoms with van der Waals surface area (Å²) >= 11 is 0. The van der Waals surface area contributed by atoms with E-state index in [-0.39, 0.29) is 59.5 Å². The number of aryl methyl sites for hydroxylation is 2. The fraction of sp³-hybridized carbons (Fsp3) is 0.324. The van der Waals surface area contributed by atoms with Crippen molar-refractivity contribution in [2.75, 3.05) is 35.9 Å². The highest BCUT2D eigenvalue weighted by atomic mass is 32.2. The van der Waals surface area contributed by atoms with Crippen molar-refractivity contribution in [3.8, 4) is 0 Å². The summed E-state index contributed by atoms with van der Waals surface area (Å²) in [7, 11) is -6.68. The molecule has 2 N–H and O–H groups in total. The van der Waals surface area contributed by atoms with E-state index in [4.69, 9.17) is 14.7 Å². The van der Waals surface area contributed by atoms with E-state index in [1.54, 1.807) is 43.3 Å². The van der Waals surface area contributed by atoms with E-state index in [1.807, 2.05) is 0 Å². The predicted octanol–water partition coefficient (Wildman–Crippen LogP) is 4.74. The van der Waals surface area contributed by atoms with Crippen LogP contribution in [0.2, 0.25) is 0 Å². The van der Waals surface area contributed by atoms with Crippen LogP contribution in [0.3, 0.4) is 0 Å². The monoisotopic (exact) mass is 763 g/mol. The quantitative estimate of drug-likeness (QED) is 0.0863. The van der Waals surface area contributed by atoms with Gasteiger partial charge in [-0.05, 0) is 74.7 Å². The van der Waals surface area contributed by atoms with Crippen molar-refractivity contribution < 1.29 is 43.7 Å². The van der Waals surface area contributed by atoms with Gasteiger partial charge >= 0.3 is 17.8 Å². The first-order valence-electron chi connectivity index (χ1n) is 15.9. The third-order valence-electron chi connectivity index (χ3n) is 8.37. The molecule has 3 aromatic carbocycles. The number of aromatic nitrogens is 3. The van der Waals surface area contributed by atoms with Crippen molar-refractivity contribution >= 4 is 43.2 Å². The number of allylic oxidation sites excluding steroid dienone is 1. The van der Waals surface area contributed by atoms with Gasteiger partial charge in [-0.15, -0.1) is 5.10 Å². The van der Waals surface area contributed by atoms with Crippen LogP contribution in [0.1, 0.15) is 42.5 Å². The molecule has 18 heteroatoms. The molecule has 13 nitrogen and oxygen atoms in total. The molecule has 0 amide bonds. The number of hydrogen-bond donors (Lipinski definition) is 1. The summed E-state index contributed by atoms with van der Waals surface area (Å²) in [5.41, 5.74) is 5.87. The van der Waals surface area contributed by atoms with Crippen molar-refractivity contribution in [2.45, 2.75) is 50.3 Å². The Morgan fingerprint density at radius 1 is 0.942 bits per heavy atom. The number of sulfone groups is 1. The molecule has 1 aromatic heterocycles. The first kappa shape index (κ1) is 38.3. The maximum Gasteiger partial charge on any atom is 0.416 e. The molecule has 278 valence electrons. The van der Waals surface area contributed by atoms with Crippen LogP contribution in [0.4, 0.5) is 30.5 Å². The molecule has 0 fully saturated rings. The number of carbonyl (C=O) groups excluding carboxylic acids is 1. The highest BCUT2D eigenvalue weighted by Gasteiger charge is 2.41. The maximum absolute atomic E-state index is 14.1. The van der Waals surface area contributed by atoms with Gasteiger partial charge in [0.25, 0.3) is 10.1 Å². The predicted molar refractivity (Wildman–Crippen MR) is 186 cm³/mol. The molecule has 2 heterocycles. The number of anilines is 3. The Morgan fingerprint density at radius 2 is 1.60 bits per heavy atom. The summed E-state index contributed by atoms with van der Waals surface area (Å²) in [5, 5.41) is 4.44. The van der Waals surface area contributed by atoms with Crippen molar-refractivity contribution in [1.29, 1.82) is 0 Å². The molecule has 0 saturated heterocycles. The van der Waals surface area contributed by atoms with E-state index in [0.717, 1.165) is 34.1 Å². The van der Waals surface area contributed by atoms with Crippen molar-refractivity contribution in [3.05, 3.63) is 111 Å². The van der Waals surface area contributed by atoms with E-state index < -0.39 is 55.1 Å². The van der Waals surface area contributed by atoms with E-state index in [0.29, 0.717) is 11.3 Å². The van der Waals surface area contributed by atoms with Crippen LogP contribution < -0.4 is 16.3 Å². The SMILES string of the molecule is COC(=O)C1=C(C)N(c2cccc(C(F)(F)F)c2)c2nn(CCCS(=O)(=O)CCCOS(=O)(=O)c3ccc(C)cc3)c(=O)n2C1c1ccc(N)cc1. The Balaban J connectivity index is 1.42. The molecule has 4 aromatic rings. The van der Waals surface area contributed by atoms with Crippen LogP contribution in [-0.4, -0.2) is 62.4 Å². The molecule has 0 aliphatic carbocycles. The molecule has 1 aliphatic rings. The average molecular weight is 764 g/mol. The number of halogens is 3. The highest BCUT2D eigenvalue weighted by molar-refractivity contribution is 7.91. The number of carbonyl (C=O) groups is 1. The zero-order valence-electron chi connectivity index (χ0n) is 28.3. The van der Waals surface area contributed by atoms with Crippen LogP contribution in [0.5, 0.6) is 0 Å². The number of nitrogens with zero attached hydrogens (tertiary/aromatic N) is 4. The van der Waals surface area contributed by atoms with Gasteiger partial charge in [-0.25, -0.2) is 27.3 Å². The van der Waals surface area contributed by atoms with Crippen molar-refractivity contribution in [2.24, 2.45) is 0 Å². The third kappa shape index (κ3) is 8.24. The van der Waals surface area contributed by atoms with E-state index in [1.165, 1.54) is 36.1 Å². The Kier molecular flexibility index (Phi) is 11.0. The van der Waals surface area contributed by atoms with Gasteiger partial charge in [-0.2, -0.15) is 21.6 Å². The molecule has 0 bridgehead atoms. The summed E-state index contributed by atoms with van der Waals surface area (Å²) in [6.45, 7) is 2.71. The number of hydrogen-bond acceptors (Lipinski definition) is 11. The van der Waals surface area contributed by atoms with Gasteiger partial charge < -0.3 is 10.5 Å². The second-order valence-corrected chi connectivity index (χ2v) is 16.0. The number of ether oxygens (including phenoxy) is 1. The van der Waals surface area contributed by atoms with Crippen LogP contribution >= 0.6 is 0 Å². The van der Waals surface area contributed by atoms with Gasteiger partial charge in [0.15, 0.2) is 0 Å².